The number of aromatic nitrogens is 2. The zero-order valence-corrected chi connectivity index (χ0v) is 20.9. The molecule has 1 saturated heterocycles. The summed E-state index contributed by atoms with van der Waals surface area (Å²) in [5, 5.41) is 5.17. The summed E-state index contributed by atoms with van der Waals surface area (Å²) in [5.41, 5.74) is 10.5. The molecule has 0 aliphatic carbocycles. The first-order chi connectivity index (χ1) is 17.5. The molecule has 0 spiro atoms. The Hall–Kier alpha value is -3.48. The quantitative estimate of drug-likeness (QED) is 0.345. The fourth-order valence-electron chi connectivity index (χ4n) is 4.96. The third kappa shape index (κ3) is 5.83. The maximum Gasteiger partial charge on any atom is 0.223 e. The third-order valence-corrected chi connectivity index (χ3v) is 7.07. The van der Waals surface area contributed by atoms with E-state index in [9.17, 15) is 4.79 Å². The van der Waals surface area contributed by atoms with Gasteiger partial charge in [0.15, 0.2) is 0 Å². The minimum absolute atomic E-state index is 0.287. The molecule has 1 aromatic heterocycles. The monoisotopic (exact) mass is 499 g/mol. The number of halogens is 1. The number of nitrogens with two attached hydrogens (primary N) is 1. The van der Waals surface area contributed by atoms with Crippen LogP contribution in [-0.2, 0) is 11.2 Å². The third-order valence-electron chi connectivity index (χ3n) is 6.82. The SMILES string of the molecule is NC(=O)Cc1cccc(C2CCN(CCNc3nc(-c4ccc(Cl)cc4)c4ccccc4n3)CC2)c1. The summed E-state index contributed by atoms with van der Waals surface area (Å²) in [7, 11) is 0. The summed E-state index contributed by atoms with van der Waals surface area (Å²) in [6.07, 6.45) is 2.51. The number of hydrogen-bond donors (Lipinski definition) is 2. The summed E-state index contributed by atoms with van der Waals surface area (Å²) in [4.78, 5) is 23.3. The van der Waals surface area contributed by atoms with E-state index in [2.05, 4.69) is 28.4 Å². The molecule has 0 unspecified atom stereocenters. The van der Waals surface area contributed by atoms with Gasteiger partial charge in [0.05, 0.1) is 17.6 Å². The topological polar surface area (TPSA) is 84.1 Å². The van der Waals surface area contributed by atoms with Gasteiger partial charge in [-0.1, -0.05) is 66.2 Å². The van der Waals surface area contributed by atoms with Gasteiger partial charge in [-0.15, -0.1) is 0 Å². The van der Waals surface area contributed by atoms with Crippen LogP contribution in [-0.4, -0.2) is 47.0 Å². The van der Waals surface area contributed by atoms with Crippen molar-refractivity contribution in [1.82, 2.24) is 14.9 Å². The molecule has 0 atom stereocenters. The maximum absolute atomic E-state index is 11.3. The van der Waals surface area contributed by atoms with Crippen molar-refractivity contribution in [3.63, 3.8) is 0 Å². The van der Waals surface area contributed by atoms with Gasteiger partial charge in [-0.2, -0.15) is 0 Å². The average molecular weight is 500 g/mol. The number of nitrogens with one attached hydrogen (secondary N) is 1. The van der Waals surface area contributed by atoms with E-state index in [1.807, 2.05) is 54.6 Å². The summed E-state index contributed by atoms with van der Waals surface area (Å²) in [5.74, 6) is 0.873. The lowest BCUT2D eigenvalue weighted by atomic mass is 9.88. The lowest BCUT2D eigenvalue weighted by Gasteiger charge is -2.32. The highest BCUT2D eigenvalue weighted by atomic mass is 35.5. The Morgan fingerprint density at radius 1 is 1.00 bits per heavy atom. The van der Waals surface area contributed by atoms with Crippen LogP contribution in [0.3, 0.4) is 0 Å². The fraction of sp³-hybridized carbons (Fsp3) is 0.276. The van der Waals surface area contributed by atoms with Crippen LogP contribution in [0.4, 0.5) is 5.95 Å². The molecule has 1 aliphatic rings. The number of likely N-dealkylation sites (tertiary alicyclic amines) is 1. The van der Waals surface area contributed by atoms with Crippen LogP contribution in [0.25, 0.3) is 22.2 Å². The number of primary amides is 1. The number of fused-ring (bicyclic) bond motifs is 1. The molecule has 0 bridgehead atoms. The van der Waals surface area contributed by atoms with E-state index >= 15 is 0 Å². The molecule has 36 heavy (non-hydrogen) atoms. The van der Waals surface area contributed by atoms with Gasteiger partial charge in [-0.25, -0.2) is 9.97 Å². The number of carbonyl (C=O) groups excluding carboxylic acids is 1. The maximum atomic E-state index is 11.3. The van der Waals surface area contributed by atoms with Gasteiger partial charge in [0.2, 0.25) is 11.9 Å². The lowest BCUT2D eigenvalue weighted by Crippen LogP contribution is -2.36. The Morgan fingerprint density at radius 3 is 2.56 bits per heavy atom. The van der Waals surface area contributed by atoms with E-state index in [4.69, 9.17) is 27.3 Å². The van der Waals surface area contributed by atoms with E-state index in [1.165, 1.54) is 5.56 Å². The van der Waals surface area contributed by atoms with Gasteiger partial charge in [-0.05, 0) is 61.2 Å². The van der Waals surface area contributed by atoms with Crippen molar-refractivity contribution in [3.05, 3.63) is 88.9 Å². The molecular weight excluding hydrogens is 470 g/mol. The van der Waals surface area contributed by atoms with E-state index in [0.29, 0.717) is 23.3 Å². The largest absolute Gasteiger partial charge is 0.369 e. The highest BCUT2D eigenvalue weighted by Gasteiger charge is 2.21. The highest BCUT2D eigenvalue weighted by Crippen LogP contribution is 2.30. The Morgan fingerprint density at radius 2 is 1.78 bits per heavy atom. The van der Waals surface area contributed by atoms with Gasteiger partial charge in [0.25, 0.3) is 0 Å². The van der Waals surface area contributed by atoms with Crippen molar-refractivity contribution in [3.8, 4) is 11.3 Å². The van der Waals surface area contributed by atoms with Gasteiger partial charge in [0, 0.05) is 29.1 Å². The Bertz CT molecular complexity index is 1350. The number of piperidine rings is 1. The van der Waals surface area contributed by atoms with Crippen LogP contribution in [0.5, 0.6) is 0 Å². The van der Waals surface area contributed by atoms with Crippen LogP contribution in [0.15, 0.2) is 72.8 Å². The minimum atomic E-state index is -0.287. The number of hydrogen-bond acceptors (Lipinski definition) is 5. The summed E-state index contributed by atoms with van der Waals surface area (Å²) in [6, 6.07) is 24.2. The molecule has 3 aromatic carbocycles. The van der Waals surface area contributed by atoms with E-state index < -0.39 is 0 Å². The molecule has 184 valence electrons. The van der Waals surface area contributed by atoms with E-state index in [0.717, 1.165) is 66.7 Å². The molecule has 1 fully saturated rings. The van der Waals surface area contributed by atoms with Gasteiger partial charge in [0.1, 0.15) is 0 Å². The molecule has 0 radical (unpaired) electrons. The van der Waals surface area contributed by atoms with Crippen molar-refractivity contribution in [2.24, 2.45) is 5.73 Å². The molecule has 3 N–H and O–H groups in total. The van der Waals surface area contributed by atoms with Crippen molar-refractivity contribution in [1.29, 1.82) is 0 Å². The summed E-state index contributed by atoms with van der Waals surface area (Å²) < 4.78 is 0. The second-order valence-corrected chi connectivity index (χ2v) is 9.79. The number of para-hydroxylation sites is 1. The Balaban J connectivity index is 1.19. The zero-order valence-electron chi connectivity index (χ0n) is 20.2. The second kappa shape index (κ2) is 11.1. The smallest absolute Gasteiger partial charge is 0.223 e. The molecule has 4 aromatic rings. The van der Waals surface area contributed by atoms with Crippen LogP contribution in [0, 0.1) is 0 Å². The highest BCUT2D eigenvalue weighted by molar-refractivity contribution is 6.30. The van der Waals surface area contributed by atoms with Crippen molar-refractivity contribution >= 4 is 34.4 Å². The number of anilines is 1. The number of amides is 1. The normalized spacial score (nSPS) is 14.7. The van der Waals surface area contributed by atoms with E-state index in [1.54, 1.807) is 0 Å². The molecule has 1 amide bonds. The molecule has 2 heterocycles. The molecule has 6 nitrogen and oxygen atoms in total. The standard InChI is InChI=1S/C29H30ClN5O/c30-24-10-8-22(9-11-24)28-25-6-1-2-7-26(25)33-29(34-28)32-14-17-35-15-12-21(13-16-35)23-5-3-4-20(18-23)19-27(31)36/h1-11,18,21H,12-17,19H2,(H2,31,36)(H,32,33,34). The molecular formula is C29H30ClN5O. The van der Waals surface area contributed by atoms with Gasteiger partial charge < -0.3 is 16.0 Å². The Labute approximate surface area is 216 Å². The fourth-order valence-corrected chi connectivity index (χ4v) is 5.08. The number of rotatable bonds is 8. The molecule has 1 aliphatic heterocycles. The summed E-state index contributed by atoms with van der Waals surface area (Å²) >= 11 is 6.09. The molecule has 7 heteroatoms. The predicted octanol–water partition coefficient (Wildman–Crippen LogP) is 5.27. The first-order valence-electron chi connectivity index (χ1n) is 12.4. The number of benzene rings is 3. The predicted molar refractivity (Wildman–Crippen MR) is 146 cm³/mol. The zero-order chi connectivity index (χ0) is 24.9. The molecule has 0 saturated carbocycles. The number of carbonyl (C=O) groups is 1. The summed E-state index contributed by atoms with van der Waals surface area (Å²) in [6.45, 7) is 3.79. The second-order valence-electron chi connectivity index (χ2n) is 9.35. The molecule has 5 rings (SSSR count). The first kappa shape index (κ1) is 24.2. The minimum Gasteiger partial charge on any atom is -0.369 e. The van der Waals surface area contributed by atoms with Crippen LogP contribution >= 0.6 is 11.6 Å². The van der Waals surface area contributed by atoms with E-state index in [-0.39, 0.29) is 5.91 Å². The van der Waals surface area contributed by atoms with Crippen LogP contribution in [0.1, 0.15) is 29.9 Å². The van der Waals surface area contributed by atoms with Crippen molar-refractivity contribution in [2.45, 2.75) is 25.2 Å². The first-order valence-corrected chi connectivity index (χ1v) is 12.8. The van der Waals surface area contributed by atoms with Crippen molar-refractivity contribution < 1.29 is 4.79 Å². The average Bonchev–Trinajstić information content (AvgIpc) is 2.89. The van der Waals surface area contributed by atoms with Crippen molar-refractivity contribution in [2.75, 3.05) is 31.5 Å². The lowest BCUT2D eigenvalue weighted by molar-refractivity contribution is -0.117. The number of nitrogens with zero attached hydrogens (tertiary/aromatic N) is 3. The van der Waals surface area contributed by atoms with Gasteiger partial charge in [-0.3, -0.25) is 4.79 Å². The van der Waals surface area contributed by atoms with Gasteiger partial charge >= 0.3 is 0 Å². The van der Waals surface area contributed by atoms with Crippen LogP contribution < -0.4 is 11.1 Å². The van der Waals surface area contributed by atoms with Crippen LogP contribution in [0.2, 0.25) is 5.02 Å². The Kier molecular flexibility index (Phi) is 7.44.